The quantitative estimate of drug-likeness (QED) is 0.401. The molecule has 0 heterocycles. The second kappa shape index (κ2) is 4.14. The van der Waals surface area contributed by atoms with Gasteiger partial charge in [-0.3, -0.25) is 0 Å². The fourth-order valence-corrected chi connectivity index (χ4v) is 1.07. The van der Waals surface area contributed by atoms with Crippen LogP contribution in [0.5, 0.6) is 0 Å². The Morgan fingerprint density at radius 3 is 2.75 bits per heavy atom. The number of anilines is 1. The molecule has 1 rings (SSSR count). The maximum atomic E-state index is 5.58. The standard InChI is InChI=1S/C8H11BN2O/c1-11(10)8-5-3-2-4-7(8)6-12-9/h2-5H,6,10H2,1H3. The molecule has 2 radical (unpaired) electrons. The normalized spacial score (nSPS) is 9.83. The van der Waals surface area contributed by atoms with Gasteiger partial charge in [0, 0.05) is 12.6 Å². The van der Waals surface area contributed by atoms with E-state index in [9.17, 15) is 0 Å². The minimum absolute atomic E-state index is 0.373. The number of hydrogen-bond donors (Lipinski definition) is 1. The van der Waals surface area contributed by atoms with E-state index in [0.717, 1.165) is 11.3 Å². The van der Waals surface area contributed by atoms with Crippen molar-refractivity contribution in [2.45, 2.75) is 6.61 Å². The number of hydrazine groups is 1. The highest BCUT2D eigenvalue weighted by Gasteiger charge is 2.01. The van der Waals surface area contributed by atoms with E-state index >= 15 is 0 Å². The van der Waals surface area contributed by atoms with Crippen molar-refractivity contribution >= 4 is 13.7 Å². The van der Waals surface area contributed by atoms with Crippen molar-refractivity contribution in [3.63, 3.8) is 0 Å². The van der Waals surface area contributed by atoms with Crippen LogP contribution in [0.1, 0.15) is 5.56 Å². The third-order valence-corrected chi connectivity index (χ3v) is 1.61. The molecule has 62 valence electrons. The predicted octanol–water partition coefficient (Wildman–Crippen LogP) is 0.597. The smallest absolute Gasteiger partial charge is 0.283 e. The Balaban J connectivity index is 2.92. The molecule has 0 saturated carbocycles. The van der Waals surface area contributed by atoms with Crippen molar-refractivity contribution in [3.05, 3.63) is 29.8 Å². The Bertz CT molecular complexity index is 253. The summed E-state index contributed by atoms with van der Waals surface area (Å²) in [5, 5.41) is 1.54. The molecule has 0 aromatic heterocycles. The lowest BCUT2D eigenvalue weighted by Gasteiger charge is -2.16. The highest BCUT2D eigenvalue weighted by Crippen LogP contribution is 2.16. The summed E-state index contributed by atoms with van der Waals surface area (Å²) in [6.45, 7) is 0.373. The van der Waals surface area contributed by atoms with Crippen LogP contribution in [0, 0.1) is 0 Å². The van der Waals surface area contributed by atoms with E-state index in [2.05, 4.69) is 4.65 Å². The second-order valence-electron chi connectivity index (χ2n) is 2.55. The first kappa shape index (κ1) is 9.10. The van der Waals surface area contributed by atoms with E-state index in [1.54, 1.807) is 7.05 Å². The van der Waals surface area contributed by atoms with Crippen LogP contribution in [0.3, 0.4) is 0 Å². The Kier molecular flexibility index (Phi) is 3.14. The van der Waals surface area contributed by atoms with Gasteiger partial charge in [-0.1, -0.05) is 18.2 Å². The molecule has 0 atom stereocenters. The van der Waals surface area contributed by atoms with Gasteiger partial charge in [0.05, 0.1) is 12.3 Å². The van der Waals surface area contributed by atoms with Crippen LogP contribution in [0.4, 0.5) is 5.69 Å². The van der Waals surface area contributed by atoms with Gasteiger partial charge in [-0.2, -0.15) is 0 Å². The Hall–Kier alpha value is -0.995. The Labute approximate surface area is 73.5 Å². The molecule has 4 heteroatoms. The van der Waals surface area contributed by atoms with Gasteiger partial charge in [0.15, 0.2) is 0 Å². The van der Waals surface area contributed by atoms with Crippen LogP contribution < -0.4 is 10.9 Å². The van der Waals surface area contributed by atoms with E-state index in [1.165, 1.54) is 5.01 Å². The number of benzene rings is 1. The van der Waals surface area contributed by atoms with Crippen molar-refractivity contribution in [1.29, 1.82) is 0 Å². The number of nitrogens with two attached hydrogens (primary N) is 1. The third-order valence-electron chi connectivity index (χ3n) is 1.61. The highest BCUT2D eigenvalue weighted by atomic mass is 16.4. The summed E-state index contributed by atoms with van der Waals surface area (Å²) in [6.07, 6.45) is 0. The lowest BCUT2D eigenvalue weighted by Crippen LogP contribution is -2.26. The molecule has 2 N–H and O–H groups in total. The third kappa shape index (κ3) is 2.00. The highest BCUT2D eigenvalue weighted by molar-refractivity contribution is 5.97. The summed E-state index contributed by atoms with van der Waals surface area (Å²) in [7, 11) is 6.74. The summed E-state index contributed by atoms with van der Waals surface area (Å²) < 4.78 is 4.54. The first-order valence-electron chi connectivity index (χ1n) is 3.63. The summed E-state index contributed by atoms with van der Waals surface area (Å²) >= 11 is 0. The lowest BCUT2D eigenvalue weighted by molar-refractivity contribution is 0.338. The number of hydrogen-bond acceptors (Lipinski definition) is 3. The van der Waals surface area contributed by atoms with Gasteiger partial charge in [0.1, 0.15) is 0 Å². The van der Waals surface area contributed by atoms with E-state index in [4.69, 9.17) is 13.9 Å². The molecule has 0 aliphatic carbocycles. The zero-order valence-corrected chi connectivity index (χ0v) is 7.03. The molecule has 0 spiro atoms. The minimum atomic E-state index is 0.373. The summed E-state index contributed by atoms with van der Waals surface area (Å²) in [4.78, 5) is 0. The summed E-state index contributed by atoms with van der Waals surface area (Å²) in [5.74, 6) is 5.58. The molecule has 0 amide bonds. The molecule has 0 unspecified atom stereocenters. The number of nitrogens with zero attached hydrogens (tertiary/aromatic N) is 1. The van der Waals surface area contributed by atoms with E-state index in [0.29, 0.717) is 6.61 Å². The van der Waals surface area contributed by atoms with Gasteiger partial charge < -0.3 is 9.66 Å². The van der Waals surface area contributed by atoms with E-state index < -0.39 is 0 Å². The maximum absolute atomic E-state index is 5.58. The van der Waals surface area contributed by atoms with Crippen LogP contribution in [0.2, 0.25) is 0 Å². The van der Waals surface area contributed by atoms with Crippen LogP contribution >= 0.6 is 0 Å². The fourth-order valence-electron chi connectivity index (χ4n) is 1.07. The Morgan fingerprint density at radius 1 is 1.50 bits per heavy atom. The van der Waals surface area contributed by atoms with Crippen LogP contribution in [-0.4, -0.2) is 15.1 Å². The second-order valence-corrected chi connectivity index (χ2v) is 2.55. The zero-order chi connectivity index (χ0) is 8.97. The molecule has 0 aliphatic rings. The molecule has 1 aromatic rings. The maximum Gasteiger partial charge on any atom is 0.283 e. The number of rotatable bonds is 3. The zero-order valence-electron chi connectivity index (χ0n) is 7.03. The fraction of sp³-hybridized carbons (Fsp3) is 0.250. The van der Waals surface area contributed by atoms with Gasteiger partial charge in [0.2, 0.25) is 0 Å². The lowest BCUT2D eigenvalue weighted by atomic mass is 10.2. The van der Waals surface area contributed by atoms with Crippen molar-refractivity contribution < 1.29 is 4.65 Å². The average molecular weight is 162 g/mol. The van der Waals surface area contributed by atoms with Crippen LogP contribution in [-0.2, 0) is 11.3 Å². The number of para-hydroxylation sites is 1. The van der Waals surface area contributed by atoms with Gasteiger partial charge in [-0.15, -0.1) is 0 Å². The molecule has 0 aliphatic heterocycles. The van der Waals surface area contributed by atoms with E-state index in [-0.39, 0.29) is 0 Å². The molecule has 0 fully saturated rings. The first-order chi connectivity index (χ1) is 5.75. The largest absolute Gasteiger partial charge is 0.444 e. The van der Waals surface area contributed by atoms with Gasteiger partial charge in [-0.05, 0) is 6.07 Å². The van der Waals surface area contributed by atoms with Gasteiger partial charge >= 0.3 is 0 Å². The monoisotopic (exact) mass is 162 g/mol. The van der Waals surface area contributed by atoms with Crippen molar-refractivity contribution in [1.82, 2.24) is 0 Å². The predicted molar refractivity (Wildman–Crippen MR) is 49.6 cm³/mol. The molecule has 1 aromatic carbocycles. The summed E-state index contributed by atoms with van der Waals surface area (Å²) in [5.41, 5.74) is 1.90. The average Bonchev–Trinajstić information content (AvgIpc) is 2.05. The molecule has 12 heavy (non-hydrogen) atoms. The van der Waals surface area contributed by atoms with Crippen molar-refractivity contribution in [2.75, 3.05) is 12.1 Å². The van der Waals surface area contributed by atoms with E-state index in [1.807, 2.05) is 24.3 Å². The topological polar surface area (TPSA) is 38.5 Å². The van der Waals surface area contributed by atoms with Crippen LogP contribution in [0.15, 0.2) is 24.3 Å². The SMILES string of the molecule is [B]OCc1ccccc1N(C)N. The molecular formula is C8H11BN2O. The Morgan fingerprint density at radius 2 is 2.17 bits per heavy atom. The molecular weight excluding hydrogens is 151 g/mol. The molecule has 0 saturated heterocycles. The van der Waals surface area contributed by atoms with Crippen LogP contribution in [0.25, 0.3) is 0 Å². The van der Waals surface area contributed by atoms with Gasteiger partial charge in [-0.25, -0.2) is 5.84 Å². The van der Waals surface area contributed by atoms with Crippen molar-refractivity contribution in [2.24, 2.45) is 5.84 Å². The summed E-state index contributed by atoms with van der Waals surface area (Å²) in [6, 6.07) is 7.67. The molecule has 3 nitrogen and oxygen atoms in total. The molecule has 0 bridgehead atoms. The van der Waals surface area contributed by atoms with Crippen molar-refractivity contribution in [3.8, 4) is 0 Å². The van der Waals surface area contributed by atoms with Gasteiger partial charge in [0.25, 0.3) is 8.05 Å². The minimum Gasteiger partial charge on any atom is -0.444 e. The first-order valence-corrected chi connectivity index (χ1v) is 3.63.